The van der Waals surface area contributed by atoms with E-state index in [-0.39, 0.29) is 0 Å². The zero-order valence-corrected chi connectivity index (χ0v) is 12.8. The van der Waals surface area contributed by atoms with E-state index in [9.17, 15) is 0 Å². The molecule has 1 nitrogen and oxygen atoms in total. The third-order valence-electron chi connectivity index (χ3n) is 3.75. The number of benzene rings is 3. The Kier molecular flexibility index (Phi) is 2.97. The van der Waals surface area contributed by atoms with Crippen molar-refractivity contribution in [3.63, 3.8) is 0 Å². The number of hydrogen-bond acceptors (Lipinski definition) is 1. The van der Waals surface area contributed by atoms with Crippen molar-refractivity contribution in [2.45, 2.75) is 0 Å². The Balaban J connectivity index is 2.04. The molecule has 0 fully saturated rings. The standard InChI is InChI=1S/C19H12BrN/c20-16-8-9-19(21-12-16)17-7-3-6-15-10-13-4-1-2-5-14(13)11-18(15)17/h1-12H. The lowest BCUT2D eigenvalue weighted by atomic mass is 9.98. The maximum Gasteiger partial charge on any atom is 0.0709 e. The Morgan fingerprint density at radius 1 is 0.714 bits per heavy atom. The van der Waals surface area contributed by atoms with Gasteiger partial charge >= 0.3 is 0 Å². The first-order chi connectivity index (χ1) is 10.3. The van der Waals surface area contributed by atoms with Crippen LogP contribution in [0.2, 0.25) is 0 Å². The van der Waals surface area contributed by atoms with Crippen molar-refractivity contribution < 1.29 is 0 Å². The Hall–Kier alpha value is -2.19. The van der Waals surface area contributed by atoms with Crippen molar-refractivity contribution in [3.05, 3.63) is 77.4 Å². The topological polar surface area (TPSA) is 12.9 Å². The van der Waals surface area contributed by atoms with Gasteiger partial charge in [0.2, 0.25) is 0 Å². The maximum absolute atomic E-state index is 4.53. The van der Waals surface area contributed by atoms with Crippen LogP contribution in [0.5, 0.6) is 0 Å². The van der Waals surface area contributed by atoms with Gasteiger partial charge in [-0.25, -0.2) is 0 Å². The minimum atomic E-state index is 0.997. The van der Waals surface area contributed by atoms with Crippen LogP contribution in [0.25, 0.3) is 32.8 Å². The van der Waals surface area contributed by atoms with Crippen LogP contribution in [0.3, 0.4) is 0 Å². The number of halogens is 1. The molecule has 4 rings (SSSR count). The van der Waals surface area contributed by atoms with Crippen molar-refractivity contribution in [2.24, 2.45) is 0 Å². The summed E-state index contributed by atoms with van der Waals surface area (Å²) in [4.78, 5) is 4.53. The van der Waals surface area contributed by atoms with Gasteiger partial charge in [0.15, 0.2) is 0 Å². The highest BCUT2D eigenvalue weighted by Crippen LogP contribution is 2.31. The Labute approximate surface area is 131 Å². The fourth-order valence-electron chi connectivity index (χ4n) is 2.73. The predicted octanol–water partition coefficient (Wildman–Crippen LogP) is 5.82. The van der Waals surface area contributed by atoms with Crippen LogP contribution in [0.1, 0.15) is 0 Å². The minimum absolute atomic E-state index is 0.997. The summed E-state index contributed by atoms with van der Waals surface area (Å²) in [6.45, 7) is 0. The van der Waals surface area contributed by atoms with Crippen LogP contribution in [0, 0.1) is 0 Å². The number of aromatic nitrogens is 1. The number of rotatable bonds is 1. The first-order valence-corrected chi connectivity index (χ1v) is 7.64. The van der Waals surface area contributed by atoms with E-state index in [1.165, 1.54) is 27.1 Å². The lowest BCUT2D eigenvalue weighted by Gasteiger charge is -2.08. The van der Waals surface area contributed by atoms with Crippen LogP contribution >= 0.6 is 15.9 Å². The van der Waals surface area contributed by atoms with E-state index in [0.717, 1.165) is 10.2 Å². The number of hydrogen-bond donors (Lipinski definition) is 0. The molecule has 0 saturated heterocycles. The molecule has 0 N–H and O–H groups in total. The fourth-order valence-corrected chi connectivity index (χ4v) is 2.96. The lowest BCUT2D eigenvalue weighted by molar-refractivity contribution is 1.31. The second-order valence-electron chi connectivity index (χ2n) is 5.09. The third-order valence-corrected chi connectivity index (χ3v) is 4.22. The molecular formula is C19H12BrN. The molecule has 0 spiro atoms. The molecule has 3 aromatic carbocycles. The summed E-state index contributed by atoms with van der Waals surface area (Å²) in [6, 6.07) is 23.4. The lowest BCUT2D eigenvalue weighted by Crippen LogP contribution is -1.85. The first kappa shape index (κ1) is 12.5. The monoisotopic (exact) mass is 333 g/mol. The molecule has 0 aliphatic rings. The van der Waals surface area contributed by atoms with Gasteiger partial charge < -0.3 is 0 Å². The molecule has 0 aliphatic carbocycles. The van der Waals surface area contributed by atoms with E-state index < -0.39 is 0 Å². The predicted molar refractivity (Wildman–Crippen MR) is 92.4 cm³/mol. The molecule has 0 amide bonds. The molecule has 0 radical (unpaired) electrons. The summed E-state index contributed by atoms with van der Waals surface area (Å²) in [5.41, 5.74) is 2.17. The normalized spacial score (nSPS) is 11.1. The SMILES string of the molecule is Brc1ccc(-c2cccc3cc4ccccc4cc23)nc1. The van der Waals surface area contributed by atoms with Crippen molar-refractivity contribution in [3.8, 4) is 11.3 Å². The molecule has 100 valence electrons. The van der Waals surface area contributed by atoms with Crippen LogP contribution in [-0.4, -0.2) is 4.98 Å². The molecule has 0 bridgehead atoms. The van der Waals surface area contributed by atoms with Gasteiger partial charge in [0.05, 0.1) is 5.69 Å². The molecule has 1 heterocycles. The average molecular weight is 334 g/mol. The van der Waals surface area contributed by atoms with Crippen LogP contribution in [0.15, 0.2) is 77.4 Å². The molecule has 0 aliphatic heterocycles. The van der Waals surface area contributed by atoms with E-state index in [1.807, 2.05) is 18.3 Å². The molecule has 0 saturated carbocycles. The smallest absolute Gasteiger partial charge is 0.0709 e. The van der Waals surface area contributed by atoms with E-state index in [2.05, 4.69) is 75.5 Å². The van der Waals surface area contributed by atoms with Crippen molar-refractivity contribution in [1.29, 1.82) is 0 Å². The number of pyridine rings is 1. The summed E-state index contributed by atoms with van der Waals surface area (Å²) in [5, 5.41) is 5.02. The molecular weight excluding hydrogens is 322 g/mol. The van der Waals surface area contributed by atoms with Gasteiger partial charge in [-0.2, -0.15) is 0 Å². The average Bonchev–Trinajstić information content (AvgIpc) is 2.53. The van der Waals surface area contributed by atoms with Gasteiger partial charge in [0, 0.05) is 16.2 Å². The second kappa shape index (κ2) is 4.97. The number of nitrogens with zero attached hydrogens (tertiary/aromatic N) is 1. The van der Waals surface area contributed by atoms with Gasteiger partial charge in [0.1, 0.15) is 0 Å². The molecule has 21 heavy (non-hydrogen) atoms. The molecule has 4 aromatic rings. The molecule has 0 atom stereocenters. The quantitative estimate of drug-likeness (QED) is 0.400. The van der Waals surface area contributed by atoms with Crippen LogP contribution in [0.4, 0.5) is 0 Å². The van der Waals surface area contributed by atoms with Crippen molar-refractivity contribution in [1.82, 2.24) is 4.98 Å². The van der Waals surface area contributed by atoms with Gasteiger partial charge in [-0.15, -0.1) is 0 Å². The highest BCUT2D eigenvalue weighted by atomic mass is 79.9. The van der Waals surface area contributed by atoms with Crippen molar-refractivity contribution in [2.75, 3.05) is 0 Å². The zero-order valence-electron chi connectivity index (χ0n) is 11.3. The number of fused-ring (bicyclic) bond motifs is 2. The molecule has 1 aromatic heterocycles. The first-order valence-electron chi connectivity index (χ1n) is 6.85. The van der Waals surface area contributed by atoms with Crippen LogP contribution in [-0.2, 0) is 0 Å². The highest BCUT2D eigenvalue weighted by Gasteiger charge is 2.06. The Bertz CT molecular complexity index is 942. The molecule has 2 heteroatoms. The Morgan fingerprint density at radius 3 is 2.24 bits per heavy atom. The van der Waals surface area contributed by atoms with Gasteiger partial charge in [-0.3, -0.25) is 4.98 Å². The minimum Gasteiger partial charge on any atom is -0.255 e. The van der Waals surface area contributed by atoms with Crippen LogP contribution < -0.4 is 0 Å². The summed E-state index contributed by atoms with van der Waals surface area (Å²) in [7, 11) is 0. The largest absolute Gasteiger partial charge is 0.255 e. The molecule has 0 unspecified atom stereocenters. The van der Waals surface area contributed by atoms with Gasteiger partial charge in [-0.05, 0) is 61.7 Å². The van der Waals surface area contributed by atoms with Crippen molar-refractivity contribution >= 4 is 37.5 Å². The summed E-state index contributed by atoms with van der Waals surface area (Å²) >= 11 is 3.44. The summed E-state index contributed by atoms with van der Waals surface area (Å²) < 4.78 is 0.997. The maximum atomic E-state index is 4.53. The highest BCUT2D eigenvalue weighted by molar-refractivity contribution is 9.10. The third kappa shape index (κ3) is 2.22. The fraction of sp³-hybridized carbons (Fsp3) is 0. The van der Waals surface area contributed by atoms with Gasteiger partial charge in [0.25, 0.3) is 0 Å². The second-order valence-corrected chi connectivity index (χ2v) is 6.00. The Morgan fingerprint density at radius 2 is 1.48 bits per heavy atom. The zero-order chi connectivity index (χ0) is 14.2. The summed E-state index contributed by atoms with van der Waals surface area (Å²) in [5.74, 6) is 0. The van der Waals surface area contributed by atoms with E-state index in [1.54, 1.807) is 0 Å². The van der Waals surface area contributed by atoms with E-state index in [0.29, 0.717) is 0 Å². The summed E-state index contributed by atoms with van der Waals surface area (Å²) in [6.07, 6.45) is 1.84. The van der Waals surface area contributed by atoms with Gasteiger partial charge in [-0.1, -0.05) is 42.5 Å². The van der Waals surface area contributed by atoms with E-state index in [4.69, 9.17) is 0 Å². The van der Waals surface area contributed by atoms with E-state index >= 15 is 0 Å².